The van der Waals surface area contributed by atoms with E-state index < -0.39 is 0 Å². The molecule has 1 aromatic rings. The number of carbonyl (C=O) groups is 1. The van der Waals surface area contributed by atoms with Crippen LogP contribution in [0, 0.1) is 0 Å². The first-order valence-corrected chi connectivity index (χ1v) is 6.35. The van der Waals surface area contributed by atoms with Crippen molar-refractivity contribution in [1.82, 2.24) is 10.6 Å². The average molecular weight is 248 g/mol. The van der Waals surface area contributed by atoms with E-state index in [9.17, 15) is 4.79 Å². The summed E-state index contributed by atoms with van der Waals surface area (Å²) in [6.07, 6.45) is 1.59. The SMILES string of the molecule is COc1ccc([C@@H](C)NCC2CCC(=O)N2)cc1. The average Bonchev–Trinajstić information content (AvgIpc) is 2.82. The Kier molecular flexibility index (Phi) is 4.20. The third-order valence-electron chi connectivity index (χ3n) is 3.37. The van der Waals surface area contributed by atoms with E-state index >= 15 is 0 Å². The fourth-order valence-electron chi connectivity index (χ4n) is 2.16. The summed E-state index contributed by atoms with van der Waals surface area (Å²) in [5.41, 5.74) is 1.22. The summed E-state index contributed by atoms with van der Waals surface area (Å²) in [6, 6.07) is 8.59. The summed E-state index contributed by atoms with van der Waals surface area (Å²) >= 11 is 0. The van der Waals surface area contributed by atoms with E-state index in [1.165, 1.54) is 5.56 Å². The van der Waals surface area contributed by atoms with Crippen molar-refractivity contribution in [2.45, 2.75) is 31.8 Å². The zero-order valence-electron chi connectivity index (χ0n) is 10.9. The minimum absolute atomic E-state index is 0.166. The van der Waals surface area contributed by atoms with E-state index in [1.807, 2.05) is 12.1 Å². The van der Waals surface area contributed by atoms with Crippen LogP contribution < -0.4 is 15.4 Å². The fourth-order valence-corrected chi connectivity index (χ4v) is 2.16. The lowest BCUT2D eigenvalue weighted by atomic mass is 10.1. The number of benzene rings is 1. The molecule has 0 radical (unpaired) electrons. The molecule has 1 saturated heterocycles. The number of hydrogen-bond acceptors (Lipinski definition) is 3. The molecular formula is C14H20N2O2. The highest BCUT2D eigenvalue weighted by Gasteiger charge is 2.20. The molecule has 4 nitrogen and oxygen atoms in total. The molecular weight excluding hydrogens is 228 g/mol. The molecule has 1 heterocycles. The van der Waals surface area contributed by atoms with Gasteiger partial charge in [-0.05, 0) is 31.0 Å². The molecule has 0 aromatic heterocycles. The third kappa shape index (κ3) is 3.23. The van der Waals surface area contributed by atoms with Crippen LogP contribution in [0.15, 0.2) is 24.3 Å². The van der Waals surface area contributed by atoms with Crippen LogP contribution in [0.1, 0.15) is 31.4 Å². The Balaban J connectivity index is 1.83. The first kappa shape index (κ1) is 12.9. The molecule has 0 bridgehead atoms. The van der Waals surface area contributed by atoms with Crippen LogP contribution in [-0.4, -0.2) is 25.6 Å². The summed E-state index contributed by atoms with van der Waals surface area (Å²) in [6.45, 7) is 2.94. The van der Waals surface area contributed by atoms with Gasteiger partial charge in [-0.25, -0.2) is 0 Å². The van der Waals surface area contributed by atoms with E-state index in [0.29, 0.717) is 6.42 Å². The van der Waals surface area contributed by atoms with Gasteiger partial charge in [0, 0.05) is 25.0 Å². The maximum Gasteiger partial charge on any atom is 0.220 e. The molecule has 98 valence electrons. The molecule has 18 heavy (non-hydrogen) atoms. The van der Waals surface area contributed by atoms with Gasteiger partial charge in [-0.2, -0.15) is 0 Å². The van der Waals surface area contributed by atoms with Crippen molar-refractivity contribution in [3.63, 3.8) is 0 Å². The van der Waals surface area contributed by atoms with Crippen molar-refractivity contribution in [3.05, 3.63) is 29.8 Å². The lowest BCUT2D eigenvalue weighted by Gasteiger charge is -2.17. The van der Waals surface area contributed by atoms with Gasteiger partial charge < -0.3 is 15.4 Å². The standard InChI is InChI=1S/C14H20N2O2/c1-10(11-3-6-13(18-2)7-4-11)15-9-12-5-8-14(17)16-12/h3-4,6-7,10,12,15H,5,8-9H2,1-2H3,(H,16,17)/t10-,12?/m1/s1. The monoisotopic (exact) mass is 248 g/mol. The van der Waals surface area contributed by atoms with Crippen molar-refractivity contribution in [2.75, 3.05) is 13.7 Å². The summed E-state index contributed by atoms with van der Waals surface area (Å²) in [7, 11) is 1.67. The molecule has 0 saturated carbocycles. The van der Waals surface area contributed by atoms with Crippen LogP contribution in [-0.2, 0) is 4.79 Å². The van der Waals surface area contributed by atoms with Crippen molar-refractivity contribution in [2.24, 2.45) is 0 Å². The molecule has 1 aliphatic heterocycles. The highest BCUT2D eigenvalue weighted by molar-refractivity contribution is 5.78. The van der Waals surface area contributed by atoms with Gasteiger partial charge in [0.05, 0.1) is 7.11 Å². The highest BCUT2D eigenvalue weighted by Crippen LogP contribution is 2.17. The molecule has 1 fully saturated rings. The Morgan fingerprint density at radius 2 is 2.17 bits per heavy atom. The maximum absolute atomic E-state index is 11.1. The Labute approximate surface area is 108 Å². The number of rotatable bonds is 5. The largest absolute Gasteiger partial charge is 0.497 e. The topological polar surface area (TPSA) is 50.4 Å². The van der Waals surface area contributed by atoms with Gasteiger partial charge >= 0.3 is 0 Å². The Morgan fingerprint density at radius 3 is 2.72 bits per heavy atom. The van der Waals surface area contributed by atoms with Crippen LogP contribution in [0.2, 0.25) is 0 Å². The number of amides is 1. The summed E-state index contributed by atoms with van der Waals surface area (Å²) in [5, 5.41) is 6.40. The Bertz CT molecular complexity index is 403. The van der Waals surface area contributed by atoms with Crippen molar-refractivity contribution >= 4 is 5.91 Å². The summed E-state index contributed by atoms with van der Waals surface area (Å²) in [4.78, 5) is 11.1. The first-order chi connectivity index (χ1) is 8.69. The molecule has 0 aliphatic carbocycles. The third-order valence-corrected chi connectivity index (χ3v) is 3.37. The van der Waals surface area contributed by atoms with E-state index in [4.69, 9.17) is 4.74 Å². The first-order valence-electron chi connectivity index (χ1n) is 6.35. The van der Waals surface area contributed by atoms with E-state index in [0.717, 1.165) is 18.7 Å². The van der Waals surface area contributed by atoms with Gasteiger partial charge in [0.1, 0.15) is 5.75 Å². The maximum atomic E-state index is 11.1. The molecule has 1 unspecified atom stereocenters. The molecule has 1 aromatic carbocycles. The predicted octanol–water partition coefficient (Wildman–Crippen LogP) is 1.62. The van der Waals surface area contributed by atoms with Crippen LogP contribution in [0.4, 0.5) is 0 Å². The van der Waals surface area contributed by atoms with Gasteiger partial charge in [-0.3, -0.25) is 4.79 Å². The van der Waals surface area contributed by atoms with Gasteiger partial charge in [0.25, 0.3) is 0 Å². The molecule has 1 aliphatic rings. The van der Waals surface area contributed by atoms with Gasteiger partial charge in [0.15, 0.2) is 0 Å². The molecule has 4 heteroatoms. The second-order valence-corrected chi connectivity index (χ2v) is 4.71. The van der Waals surface area contributed by atoms with Gasteiger partial charge in [0.2, 0.25) is 5.91 Å². The van der Waals surface area contributed by atoms with Crippen LogP contribution in [0.3, 0.4) is 0 Å². The number of hydrogen-bond donors (Lipinski definition) is 2. The smallest absolute Gasteiger partial charge is 0.220 e. The van der Waals surface area contributed by atoms with Gasteiger partial charge in [-0.1, -0.05) is 12.1 Å². The van der Waals surface area contributed by atoms with Crippen LogP contribution in [0.5, 0.6) is 5.75 Å². The molecule has 2 atom stereocenters. The van der Waals surface area contributed by atoms with E-state index in [-0.39, 0.29) is 18.0 Å². The van der Waals surface area contributed by atoms with Crippen molar-refractivity contribution in [3.8, 4) is 5.75 Å². The zero-order valence-corrected chi connectivity index (χ0v) is 10.9. The second kappa shape index (κ2) is 5.87. The molecule has 2 N–H and O–H groups in total. The van der Waals surface area contributed by atoms with Crippen molar-refractivity contribution in [1.29, 1.82) is 0 Å². The molecule has 1 amide bonds. The van der Waals surface area contributed by atoms with Crippen molar-refractivity contribution < 1.29 is 9.53 Å². The minimum atomic E-state index is 0.166. The normalized spacial score (nSPS) is 20.6. The zero-order chi connectivity index (χ0) is 13.0. The minimum Gasteiger partial charge on any atom is -0.497 e. The van der Waals surface area contributed by atoms with Crippen LogP contribution >= 0.6 is 0 Å². The van der Waals surface area contributed by atoms with Crippen LogP contribution in [0.25, 0.3) is 0 Å². The number of ether oxygens (including phenoxy) is 1. The summed E-state index contributed by atoms with van der Waals surface area (Å²) in [5.74, 6) is 1.04. The number of carbonyl (C=O) groups excluding carboxylic acids is 1. The Hall–Kier alpha value is -1.55. The fraction of sp³-hybridized carbons (Fsp3) is 0.500. The van der Waals surface area contributed by atoms with Gasteiger partial charge in [-0.15, -0.1) is 0 Å². The van der Waals surface area contributed by atoms with E-state index in [1.54, 1.807) is 7.11 Å². The predicted molar refractivity (Wildman–Crippen MR) is 70.6 cm³/mol. The number of methoxy groups -OCH3 is 1. The quantitative estimate of drug-likeness (QED) is 0.832. The van der Waals surface area contributed by atoms with E-state index in [2.05, 4.69) is 29.7 Å². The molecule has 0 spiro atoms. The summed E-state index contributed by atoms with van der Waals surface area (Å²) < 4.78 is 5.13. The Morgan fingerprint density at radius 1 is 1.44 bits per heavy atom. The lowest BCUT2D eigenvalue weighted by Crippen LogP contribution is -2.36. The number of nitrogens with one attached hydrogen (secondary N) is 2. The highest BCUT2D eigenvalue weighted by atomic mass is 16.5. The molecule has 2 rings (SSSR count). The second-order valence-electron chi connectivity index (χ2n) is 4.71. The lowest BCUT2D eigenvalue weighted by molar-refractivity contribution is -0.119.